The number of hydrogen-bond acceptors (Lipinski definition) is 1. The lowest BCUT2D eigenvalue weighted by atomic mass is 10.1. The molecule has 1 unspecified atom stereocenters. The van der Waals surface area contributed by atoms with Crippen molar-refractivity contribution in [3.8, 4) is 0 Å². The van der Waals surface area contributed by atoms with Crippen LogP contribution in [0.2, 0.25) is 0 Å². The Balaban J connectivity index is 0.00000121. The van der Waals surface area contributed by atoms with E-state index in [1.54, 1.807) is 13.8 Å². The second-order valence-corrected chi connectivity index (χ2v) is 5.06. The van der Waals surface area contributed by atoms with Crippen LogP contribution in [0.3, 0.4) is 0 Å². The minimum atomic E-state index is -1.54. The van der Waals surface area contributed by atoms with E-state index in [9.17, 15) is 4.79 Å². The smallest absolute Gasteiger partial charge is 0.328 e. The lowest BCUT2D eigenvalue weighted by Crippen LogP contribution is -2.23. The van der Waals surface area contributed by atoms with Crippen molar-refractivity contribution in [2.75, 3.05) is 0 Å². The van der Waals surface area contributed by atoms with Gasteiger partial charge in [-0.3, -0.25) is 4.79 Å². The fraction of sp³-hybridized carbons (Fsp3) is 0.833. The zero-order valence-corrected chi connectivity index (χ0v) is 9.48. The van der Waals surface area contributed by atoms with Gasteiger partial charge < -0.3 is 5.11 Å². The third-order valence-electron chi connectivity index (χ3n) is 2.31. The first kappa shape index (κ1) is 12.6. The van der Waals surface area contributed by atoms with E-state index in [0.29, 0.717) is 0 Å². The summed E-state index contributed by atoms with van der Waals surface area (Å²) in [4.78, 5) is 9.08. The predicted octanol–water partition coefficient (Wildman–Crippen LogP) is 2.68. The van der Waals surface area contributed by atoms with E-state index in [4.69, 9.17) is 39.9 Å². The maximum atomic E-state index is 10.6. The Morgan fingerprint density at radius 2 is 1.50 bits per heavy atom. The lowest BCUT2D eigenvalue weighted by molar-refractivity contribution is -0.138. The zero-order valence-electron chi connectivity index (χ0n) is 6.40. The van der Waals surface area contributed by atoms with Crippen molar-refractivity contribution in [1.29, 1.82) is 0 Å². The highest BCUT2D eigenvalue weighted by Crippen LogP contribution is 2.75. The first-order valence-electron chi connectivity index (χ1n) is 2.99. The van der Waals surface area contributed by atoms with E-state index in [1.807, 2.05) is 0 Å². The van der Waals surface area contributed by atoms with Crippen LogP contribution in [0.15, 0.2) is 0 Å². The van der Waals surface area contributed by atoms with Gasteiger partial charge in [0.2, 0.25) is 0 Å². The van der Waals surface area contributed by atoms with E-state index in [2.05, 4.69) is 0 Å². The van der Waals surface area contributed by atoms with Gasteiger partial charge in [0.1, 0.15) is 0 Å². The molecule has 0 aliphatic heterocycles. The summed E-state index contributed by atoms with van der Waals surface area (Å²) >= 11 is 17.1. The van der Waals surface area contributed by atoms with Crippen LogP contribution in [0.5, 0.6) is 0 Å². The molecule has 1 saturated carbocycles. The minimum absolute atomic E-state index is 0. The van der Waals surface area contributed by atoms with Crippen molar-refractivity contribution in [1.82, 2.24) is 0 Å². The van der Waals surface area contributed by atoms with Crippen LogP contribution >= 0.6 is 47.2 Å². The third kappa shape index (κ3) is 0.985. The summed E-state index contributed by atoms with van der Waals surface area (Å²) in [7, 11) is 0. The minimum Gasteiger partial charge on any atom is -0.480 e. The van der Waals surface area contributed by atoms with Gasteiger partial charge in [-0.05, 0) is 0 Å². The number of rotatable bonds is 1. The molecule has 0 bridgehead atoms. The van der Waals surface area contributed by atoms with Crippen molar-refractivity contribution in [3.05, 3.63) is 0 Å². The molecule has 12 heavy (non-hydrogen) atoms. The molecule has 1 rings (SSSR count). The average molecular weight is 254 g/mol. The topological polar surface area (TPSA) is 37.3 Å². The molecule has 1 fully saturated rings. The largest absolute Gasteiger partial charge is 0.480 e. The van der Waals surface area contributed by atoms with E-state index in [0.717, 1.165) is 0 Å². The molecule has 0 aromatic heterocycles. The molecule has 0 saturated heterocycles. The Kier molecular flexibility index (Phi) is 2.96. The molecule has 2 nitrogen and oxygen atoms in total. The lowest BCUT2D eigenvalue weighted by Gasteiger charge is -2.02. The fourth-order valence-electron chi connectivity index (χ4n) is 1.12. The number of carboxylic acid groups (broad SMARTS) is 1. The number of alkyl halides is 3. The number of halogens is 4. The van der Waals surface area contributed by atoms with Crippen LogP contribution < -0.4 is 0 Å². The Labute approximate surface area is 91.6 Å². The molecule has 1 atom stereocenters. The molecule has 0 aromatic rings. The van der Waals surface area contributed by atoms with Crippen LogP contribution in [0, 0.1) is 5.41 Å². The van der Waals surface area contributed by atoms with E-state index in [-0.39, 0.29) is 12.4 Å². The van der Waals surface area contributed by atoms with E-state index in [1.165, 1.54) is 0 Å². The highest BCUT2D eigenvalue weighted by atomic mass is 35.5. The monoisotopic (exact) mass is 252 g/mol. The van der Waals surface area contributed by atoms with Crippen LogP contribution in [0.4, 0.5) is 0 Å². The molecule has 1 aliphatic carbocycles. The molecule has 0 radical (unpaired) electrons. The summed E-state index contributed by atoms with van der Waals surface area (Å²) in [6, 6.07) is 0. The van der Waals surface area contributed by atoms with Gasteiger partial charge >= 0.3 is 5.97 Å². The molecule has 0 heterocycles. The second kappa shape index (κ2) is 2.81. The summed E-state index contributed by atoms with van der Waals surface area (Å²) in [6.45, 7) is 3.24. The molecule has 6 heteroatoms. The van der Waals surface area contributed by atoms with Gasteiger partial charge in [-0.1, -0.05) is 37.0 Å². The van der Waals surface area contributed by atoms with E-state index < -0.39 is 20.6 Å². The Morgan fingerprint density at radius 1 is 1.25 bits per heavy atom. The summed E-state index contributed by atoms with van der Waals surface area (Å²) in [6.07, 6.45) is 0. The van der Waals surface area contributed by atoms with Gasteiger partial charge in [0.25, 0.3) is 0 Å². The second-order valence-electron chi connectivity index (χ2n) is 3.16. The highest BCUT2D eigenvalue weighted by Gasteiger charge is 2.86. The number of hydrogen-bond donors (Lipinski definition) is 1. The van der Waals surface area contributed by atoms with Crippen molar-refractivity contribution in [3.63, 3.8) is 0 Å². The summed E-state index contributed by atoms with van der Waals surface area (Å²) < 4.78 is -1.37. The maximum Gasteiger partial charge on any atom is 0.328 e. The molecule has 0 spiro atoms. The van der Waals surface area contributed by atoms with Crippen molar-refractivity contribution >= 4 is 53.2 Å². The highest BCUT2D eigenvalue weighted by molar-refractivity contribution is 6.63. The average Bonchev–Trinajstić information content (AvgIpc) is 2.11. The molecule has 0 amide bonds. The van der Waals surface area contributed by atoms with Crippen LogP contribution in [-0.4, -0.2) is 20.3 Å². The van der Waals surface area contributed by atoms with Gasteiger partial charge in [-0.15, -0.1) is 24.0 Å². The molecule has 1 aliphatic rings. The summed E-state index contributed by atoms with van der Waals surface area (Å²) in [5.41, 5.74) is -0.781. The standard InChI is InChI=1S/C6H7Cl3O2.ClH/c1-4(2)5(7,3(10)11)6(4,8)9;/h1-2H3,(H,10,11);1H. The van der Waals surface area contributed by atoms with Crippen molar-refractivity contribution < 1.29 is 9.90 Å². The quantitative estimate of drug-likeness (QED) is 0.730. The normalized spacial score (nSPS) is 35.1. The molecule has 72 valence electrons. The summed E-state index contributed by atoms with van der Waals surface area (Å²) in [5.74, 6) is -1.17. The number of carbonyl (C=O) groups is 1. The SMILES string of the molecule is CC1(C)C(Cl)(Cl)C1(Cl)C(=O)O.Cl. The predicted molar refractivity (Wildman–Crippen MR) is 51.7 cm³/mol. The van der Waals surface area contributed by atoms with Crippen LogP contribution in [0.25, 0.3) is 0 Å². The molecular formula is C6H8Cl4O2. The first-order valence-corrected chi connectivity index (χ1v) is 4.13. The number of aliphatic carboxylic acids is 1. The van der Waals surface area contributed by atoms with Gasteiger partial charge in [0.05, 0.1) is 0 Å². The van der Waals surface area contributed by atoms with Crippen molar-refractivity contribution in [2.24, 2.45) is 5.41 Å². The third-order valence-corrected chi connectivity index (χ3v) is 4.93. The Morgan fingerprint density at radius 3 is 1.50 bits per heavy atom. The zero-order chi connectivity index (χ0) is 9.08. The maximum absolute atomic E-state index is 10.6. The van der Waals surface area contributed by atoms with Gasteiger partial charge in [-0.25, -0.2) is 0 Å². The summed E-state index contributed by atoms with van der Waals surface area (Å²) in [5, 5.41) is 8.68. The van der Waals surface area contributed by atoms with Gasteiger partial charge in [0, 0.05) is 5.41 Å². The Bertz CT molecular complexity index is 210. The first-order chi connectivity index (χ1) is 4.69. The van der Waals surface area contributed by atoms with Crippen molar-refractivity contribution in [2.45, 2.75) is 23.1 Å². The van der Waals surface area contributed by atoms with Crippen LogP contribution in [-0.2, 0) is 4.79 Å². The molecular weight excluding hydrogens is 246 g/mol. The van der Waals surface area contributed by atoms with Gasteiger partial charge in [-0.2, -0.15) is 0 Å². The molecule has 1 N–H and O–H groups in total. The van der Waals surface area contributed by atoms with Crippen LogP contribution in [0.1, 0.15) is 13.8 Å². The molecule has 0 aromatic carbocycles. The van der Waals surface area contributed by atoms with E-state index >= 15 is 0 Å². The van der Waals surface area contributed by atoms with Gasteiger partial charge in [0.15, 0.2) is 9.21 Å². The fourth-order valence-corrected chi connectivity index (χ4v) is 2.37. The number of carboxylic acids is 1. The Hall–Kier alpha value is 0.630.